The zero-order valence-corrected chi connectivity index (χ0v) is 15.0. The number of halogens is 2. The maximum atomic E-state index is 14.4. The van der Waals surface area contributed by atoms with Gasteiger partial charge in [-0.3, -0.25) is 14.9 Å². The molecule has 0 saturated heterocycles. The molecule has 1 unspecified atom stereocenters. The summed E-state index contributed by atoms with van der Waals surface area (Å²) in [6.45, 7) is -0.0658. The summed E-state index contributed by atoms with van der Waals surface area (Å²) in [5, 5.41) is 2.44. The highest BCUT2D eigenvalue weighted by Gasteiger charge is 2.61. The Morgan fingerprint density at radius 2 is 2.00 bits per heavy atom. The number of nitrogens with one attached hydrogen (secondary N) is 1. The van der Waals surface area contributed by atoms with Crippen molar-refractivity contribution in [1.29, 1.82) is 0 Å². The van der Waals surface area contributed by atoms with E-state index in [1.807, 2.05) is 12.1 Å². The first kappa shape index (κ1) is 17.2. The van der Waals surface area contributed by atoms with Gasteiger partial charge in [-0.15, -0.1) is 0 Å². The van der Waals surface area contributed by atoms with Gasteiger partial charge in [0.1, 0.15) is 12.7 Å². The van der Waals surface area contributed by atoms with Crippen LogP contribution in [0.25, 0.3) is 0 Å². The minimum absolute atomic E-state index is 0.0464. The number of hydrogen-bond donors (Lipinski definition) is 1. The Kier molecular flexibility index (Phi) is 3.72. The summed E-state index contributed by atoms with van der Waals surface area (Å²) in [6.07, 6.45) is 3.50. The van der Waals surface area contributed by atoms with Crippen LogP contribution in [0.2, 0.25) is 0 Å². The van der Waals surface area contributed by atoms with Crippen LogP contribution < -0.4 is 5.32 Å². The molecule has 8 heteroatoms. The van der Waals surface area contributed by atoms with E-state index in [9.17, 15) is 18.4 Å². The second-order valence-electron chi connectivity index (χ2n) is 7.84. The fourth-order valence-corrected chi connectivity index (χ4v) is 4.04. The van der Waals surface area contributed by atoms with E-state index in [-0.39, 0.29) is 24.9 Å². The first-order valence-corrected chi connectivity index (χ1v) is 9.31. The third-order valence-corrected chi connectivity index (χ3v) is 5.81. The minimum atomic E-state index is -1.01. The first-order chi connectivity index (χ1) is 13.5. The number of hydrogen-bond acceptors (Lipinski definition) is 4. The maximum absolute atomic E-state index is 14.4. The predicted octanol–water partition coefficient (Wildman–Crippen LogP) is 2.57. The Balaban J connectivity index is 1.37. The van der Waals surface area contributed by atoms with Gasteiger partial charge in [0, 0.05) is 17.5 Å². The summed E-state index contributed by atoms with van der Waals surface area (Å²) in [5.74, 6) is -0.930. The summed E-state index contributed by atoms with van der Waals surface area (Å²) in [6, 6.07) is 5.70. The zero-order chi connectivity index (χ0) is 19.5. The van der Waals surface area contributed by atoms with Crippen molar-refractivity contribution in [3.63, 3.8) is 0 Å². The minimum Gasteiger partial charge on any atom is -0.328 e. The molecule has 2 aliphatic carbocycles. The molecule has 28 heavy (non-hydrogen) atoms. The van der Waals surface area contributed by atoms with Crippen molar-refractivity contribution in [3.05, 3.63) is 53.1 Å². The van der Waals surface area contributed by atoms with Crippen molar-refractivity contribution >= 4 is 17.8 Å². The molecule has 2 atom stereocenters. The van der Waals surface area contributed by atoms with Crippen LogP contribution in [0.5, 0.6) is 0 Å². The SMILES string of the molecule is O=C(CN1C[C@@]2(CC2F)c2cc(C3CC3)ccc2C1=O)Nc1ncc(F)cn1. The van der Waals surface area contributed by atoms with Gasteiger partial charge in [-0.1, -0.05) is 12.1 Å². The molecule has 0 radical (unpaired) electrons. The molecular formula is C20H18F2N4O2. The Labute approximate surface area is 160 Å². The number of carbonyl (C=O) groups excluding carboxylic acids is 2. The first-order valence-electron chi connectivity index (χ1n) is 9.31. The van der Waals surface area contributed by atoms with Crippen LogP contribution >= 0.6 is 0 Å². The Bertz CT molecular complexity index is 977. The van der Waals surface area contributed by atoms with Gasteiger partial charge in [-0.05, 0) is 42.4 Å². The number of carbonyl (C=O) groups is 2. The standard InChI is InChI=1S/C20H18F2N4O2/c21-13-7-23-19(24-8-13)25-17(27)9-26-10-20(6-16(20)22)15-5-12(11-1-2-11)3-4-14(15)18(26)28/h3-5,7-8,11,16H,1-2,6,9-10H2,(H,23,24,25,27)/t16?,20-/m0/s1. The van der Waals surface area contributed by atoms with Gasteiger partial charge in [0.15, 0.2) is 5.82 Å². The van der Waals surface area contributed by atoms with Gasteiger partial charge < -0.3 is 4.90 Å². The smallest absolute Gasteiger partial charge is 0.254 e. The fraction of sp³-hybridized carbons (Fsp3) is 0.400. The fourth-order valence-electron chi connectivity index (χ4n) is 4.04. The zero-order valence-electron chi connectivity index (χ0n) is 15.0. The third kappa shape index (κ3) is 2.83. The van der Waals surface area contributed by atoms with Crippen LogP contribution in [0.15, 0.2) is 30.6 Å². The van der Waals surface area contributed by atoms with Gasteiger partial charge in [0.25, 0.3) is 5.91 Å². The monoisotopic (exact) mass is 384 g/mol. The van der Waals surface area contributed by atoms with Crippen LogP contribution in [-0.2, 0) is 10.2 Å². The lowest BCUT2D eigenvalue weighted by atomic mass is 9.84. The van der Waals surface area contributed by atoms with Gasteiger partial charge in [0.05, 0.1) is 12.4 Å². The van der Waals surface area contributed by atoms with Gasteiger partial charge in [0.2, 0.25) is 11.9 Å². The Hall–Kier alpha value is -2.90. The lowest BCUT2D eigenvalue weighted by molar-refractivity contribution is -0.117. The molecule has 3 aliphatic rings. The highest BCUT2D eigenvalue weighted by atomic mass is 19.1. The van der Waals surface area contributed by atoms with E-state index in [1.165, 1.54) is 10.5 Å². The van der Waals surface area contributed by atoms with Crippen molar-refractivity contribution in [2.45, 2.75) is 36.8 Å². The van der Waals surface area contributed by atoms with Gasteiger partial charge in [-0.2, -0.15) is 0 Å². The van der Waals surface area contributed by atoms with Crippen molar-refractivity contribution in [2.75, 3.05) is 18.4 Å². The van der Waals surface area contributed by atoms with Crippen LogP contribution in [0.4, 0.5) is 14.7 Å². The molecule has 1 aromatic carbocycles. The van der Waals surface area contributed by atoms with Crippen molar-refractivity contribution in [1.82, 2.24) is 14.9 Å². The van der Waals surface area contributed by atoms with E-state index < -0.39 is 23.3 Å². The van der Waals surface area contributed by atoms with Gasteiger partial charge in [-0.25, -0.2) is 18.7 Å². The summed E-state index contributed by atoms with van der Waals surface area (Å²) in [7, 11) is 0. The topological polar surface area (TPSA) is 75.2 Å². The molecule has 1 spiro atoms. The molecule has 1 aromatic heterocycles. The van der Waals surface area contributed by atoms with E-state index in [0.717, 1.165) is 30.8 Å². The highest BCUT2D eigenvalue weighted by Crippen LogP contribution is 2.55. The summed E-state index contributed by atoms with van der Waals surface area (Å²) in [5.41, 5.74) is 1.72. The number of fused-ring (bicyclic) bond motifs is 2. The summed E-state index contributed by atoms with van der Waals surface area (Å²) in [4.78, 5) is 33.9. The molecule has 2 fully saturated rings. The number of nitrogens with zero attached hydrogens (tertiary/aromatic N) is 3. The second kappa shape index (κ2) is 6.05. The normalized spacial score (nSPS) is 25.6. The average molecular weight is 384 g/mol. The van der Waals surface area contributed by atoms with Gasteiger partial charge >= 0.3 is 0 Å². The molecule has 1 aliphatic heterocycles. The number of aromatic nitrogens is 2. The number of rotatable bonds is 4. The van der Waals surface area contributed by atoms with Crippen LogP contribution in [0.3, 0.4) is 0 Å². The quantitative estimate of drug-likeness (QED) is 0.879. The number of alkyl halides is 1. The molecule has 0 bridgehead atoms. The molecule has 6 nitrogen and oxygen atoms in total. The summed E-state index contributed by atoms with van der Waals surface area (Å²) >= 11 is 0. The molecule has 2 saturated carbocycles. The van der Waals surface area contributed by atoms with E-state index in [2.05, 4.69) is 15.3 Å². The molecule has 144 valence electrons. The van der Waals surface area contributed by atoms with Crippen LogP contribution in [0, 0.1) is 5.82 Å². The molecule has 1 N–H and O–H groups in total. The van der Waals surface area contributed by atoms with Crippen molar-refractivity contribution < 1.29 is 18.4 Å². The molecule has 5 rings (SSSR count). The average Bonchev–Trinajstić information content (AvgIpc) is 3.59. The van der Waals surface area contributed by atoms with Crippen LogP contribution in [0.1, 0.15) is 46.7 Å². The maximum Gasteiger partial charge on any atom is 0.254 e. The van der Waals surface area contributed by atoms with E-state index in [0.29, 0.717) is 17.9 Å². The highest BCUT2D eigenvalue weighted by molar-refractivity contribution is 6.01. The predicted molar refractivity (Wildman–Crippen MR) is 96.1 cm³/mol. The number of benzene rings is 1. The lowest BCUT2D eigenvalue weighted by Gasteiger charge is -2.34. The number of anilines is 1. The Morgan fingerprint density at radius 3 is 2.64 bits per heavy atom. The molecular weight excluding hydrogens is 366 g/mol. The molecule has 2 aromatic rings. The van der Waals surface area contributed by atoms with Crippen LogP contribution in [-0.4, -0.2) is 45.9 Å². The number of amides is 2. The second-order valence-corrected chi connectivity index (χ2v) is 7.84. The molecule has 2 amide bonds. The largest absolute Gasteiger partial charge is 0.328 e. The van der Waals surface area contributed by atoms with Crippen molar-refractivity contribution in [3.8, 4) is 0 Å². The lowest BCUT2D eigenvalue weighted by Crippen LogP contribution is -2.47. The molecule has 2 heterocycles. The summed E-state index contributed by atoms with van der Waals surface area (Å²) < 4.78 is 27.3. The van der Waals surface area contributed by atoms with E-state index in [1.54, 1.807) is 6.07 Å². The third-order valence-electron chi connectivity index (χ3n) is 5.81. The van der Waals surface area contributed by atoms with E-state index >= 15 is 0 Å². The van der Waals surface area contributed by atoms with Crippen molar-refractivity contribution in [2.24, 2.45) is 0 Å². The van der Waals surface area contributed by atoms with E-state index in [4.69, 9.17) is 0 Å². The Morgan fingerprint density at radius 1 is 1.29 bits per heavy atom.